The van der Waals surface area contributed by atoms with Crippen molar-refractivity contribution in [3.63, 3.8) is 0 Å². The van der Waals surface area contributed by atoms with E-state index >= 15 is 0 Å². The minimum absolute atomic E-state index is 0. The molecule has 0 N–H and O–H groups in total. The maximum atomic E-state index is 11.0. The summed E-state index contributed by atoms with van der Waals surface area (Å²) in [7, 11) is 1.10. The van der Waals surface area contributed by atoms with Crippen LogP contribution in [0.4, 0.5) is 4.79 Å². The molecule has 0 aromatic heterocycles. The molecule has 12 nitrogen and oxygen atoms in total. The van der Waals surface area contributed by atoms with Gasteiger partial charge in [0, 0.05) is 83.3 Å². The van der Waals surface area contributed by atoms with Crippen LogP contribution in [0.1, 0.15) is 140 Å². The minimum Gasteiger partial charge on any atom is -0.452 e. The van der Waals surface area contributed by atoms with Gasteiger partial charge in [0.05, 0.1) is 7.11 Å². The molecule has 0 saturated heterocycles. The maximum Gasteiger partial charge on any atom is 0.423 e. The van der Waals surface area contributed by atoms with Crippen LogP contribution in [-0.2, 0) is 28.7 Å². The van der Waals surface area contributed by atoms with Gasteiger partial charge in [0.15, 0.2) is 0 Å². The summed E-state index contributed by atoms with van der Waals surface area (Å²) in [4.78, 5) is 63.2. The van der Waals surface area contributed by atoms with Crippen LogP contribution in [0.3, 0.4) is 0 Å². The number of amides is 5. The Morgan fingerprint density at radius 3 is 1.05 bits per heavy atom. The molecule has 0 unspecified atom stereocenters. The highest BCUT2D eigenvalue weighted by Crippen LogP contribution is 2.07. The average molecular weight is 860 g/mol. The molecular formula is C49H89N5O7. The van der Waals surface area contributed by atoms with Crippen molar-refractivity contribution in [3.8, 4) is 0 Å². The van der Waals surface area contributed by atoms with Gasteiger partial charge in [-0.05, 0) is 58.7 Å². The van der Waals surface area contributed by atoms with Crippen LogP contribution in [-0.4, -0.2) is 140 Å². The quantitative estimate of drug-likeness (QED) is 0.0706. The van der Waals surface area contributed by atoms with E-state index < -0.39 is 17.9 Å². The van der Waals surface area contributed by atoms with Crippen LogP contribution in [0.5, 0.6) is 0 Å². The highest BCUT2D eigenvalue weighted by molar-refractivity contribution is 6.21. The molecule has 352 valence electrons. The van der Waals surface area contributed by atoms with E-state index in [-0.39, 0.29) is 26.7 Å². The van der Waals surface area contributed by atoms with E-state index in [9.17, 15) is 24.0 Å². The maximum absolute atomic E-state index is 11.0. The van der Waals surface area contributed by atoms with Gasteiger partial charge in [0.25, 0.3) is 23.6 Å². The van der Waals surface area contributed by atoms with Gasteiger partial charge in [-0.25, -0.2) is 4.79 Å². The molecule has 5 rings (SSSR count). The monoisotopic (exact) mass is 860 g/mol. The minimum atomic E-state index is -0.954. The molecule has 5 heterocycles. The van der Waals surface area contributed by atoms with E-state index in [0.29, 0.717) is 11.4 Å². The van der Waals surface area contributed by atoms with Crippen molar-refractivity contribution in [2.24, 2.45) is 0 Å². The summed E-state index contributed by atoms with van der Waals surface area (Å²) in [6, 6.07) is 0. The molecule has 0 fully saturated rings. The van der Waals surface area contributed by atoms with Gasteiger partial charge in [-0.2, -0.15) is 4.90 Å². The number of carbonyl (C=O) groups is 5. The molecule has 61 heavy (non-hydrogen) atoms. The molecule has 0 aliphatic carbocycles. The lowest BCUT2D eigenvalue weighted by atomic mass is 10.2. The standard InChI is InChI=1S/C9H13NO2.3C9H17N.C6H5NO4.C5H12O.2CH4/c1-2-3-4-7-10-8(11)5-6-9(10)12;3*1-2-3-4-7-10-8-5-6-9-10;1-11-6(10)7-4(8)2-3-5(7)9;1-3-5-6-4-2;;/h5-6H,2-4,7H2,1H3;3*5-6H,2-4,7-9H2,1H3;2-3H,1H3;3-5H2,1-2H3;2*1H4. The molecule has 0 atom stereocenters. The highest BCUT2D eigenvalue weighted by atomic mass is 16.5. The number of methoxy groups -OCH3 is 1. The average Bonchev–Trinajstić information content (AvgIpc) is 4.12. The van der Waals surface area contributed by atoms with Gasteiger partial charge in [0.1, 0.15) is 0 Å². The number of hydrogen-bond acceptors (Lipinski definition) is 10. The topological polar surface area (TPSA) is 120 Å². The fourth-order valence-corrected chi connectivity index (χ4v) is 6.00. The van der Waals surface area contributed by atoms with Crippen molar-refractivity contribution in [2.45, 2.75) is 140 Å². The van der Waals surface area contributed by atoms with Crippen LogP contribution in [0, 0.1) is 0 Å². The zero-order chi connectivity index (χ0) is 43.9. The lowest BCUT2D eigenvalue weighted by Crippen LogP contribution is -2.35. The number of nitrogens with zero attached hydrogens (tertiary/aromatic N) is 5. The number of hydrogen-bond donors (Lipinski definition) is 0. The molecule has 5 aliphatic rings. The molecule has 12 heteroatoms. The summed E-state index contributed by atoms with van der Waals surface area (Å²) >= 11 is 0. The van der Waals surface area contributed by atoms with Crippen molar-refractivity contribution < 1.29 is 33.4 Å². The first-order chi connectivity index (χ1) is 28.6. The first-order valence-electron chi connectivity index (χ1n) is 22.5. The zero-order valence-electron chi connectivity index (χ0n) is 38.0. The summed E-state index contributed by atoms with van der Waals surface area (Å²) in [6.07, 6.45) is 33.8. The van der Waals surface area contributed by atoms with Crippen molar-refractivity contribution in [2.75, 3.05) is 85.8 Å². The molecule has 0 aromatic rings. The number of unbranched alkanes of at least 4 members (excludes halogenated alkanes) is 8. The summed E-state index contributed by atoms with van der Waals surface area (Å²) in [6.45, 7) is 26.3. The molecule has 0 aromatic carbocycles. The Kier molecular flexibility index (Phi) is 43.4. The smallest absolute Gasteiger partial charge is 0.423 e. The fraction of sp³-hybridized carbons (Fsp3) is 0.694. The highest BCUT2D eigenvalue weighted by Gasteiger charge is 2.30. The third-order valence-electron chi connectivity index (χ3n) is 9.52. The third kappa shape index (κ3) is 31.7. The van der Waals surface area contributed by atoms with E-state index in [1.807, 2.05) is 6.92 Å². The van der Waals surface area contributed by atoms with Gasteiger partial charge in [0.2, 0.25) is 0 Å². The van der Waals surface area contributed by atoms with E-state index in [4.69, 9.17) is 4.74 Å². The summed E-state index contributed by atoms with van der Waals surface area (Å²) < 4.78 is 9.16. The molecule has 0 bridgehead atoms. The second kappa shape index (κ2) is 43.0. The molecule has 0 saturated carbocycles. The normalized spacial score (nSPS) is 16.0. The predicted octanol–water partition coefficient (Wildman–Crippen LogP) is 9.63. The Morgan fingerprint density at radius 2 is 0.787 bits per heavy atom. The first kappa shape index (κ1) is 61.6. The van der Waals surface area contributed by atoms with Crippen molar-refractivity contribution >= 4 is 29.7 Å². The van der Waals surface area contributed by atoms with Crippen molar-refractivity contribution in [3.05, 3.63) is 60.8 Å². The van der Waals surface area contributed by atoms with Crippen molar-refractivity contribution in [1.82, 2.24) is 24.5 Å². The van der Waals surface area contributed by atoms with Gasteiger partial charge in [-0.3, -0.25) is 38.8 Å². The first-order valence-corrected chi connectivity index (χ1v) is 22.5. The summed E-state index contributed by atoms with van der Waals surface area (Å²) in [5, 5.41) is 0. The van der Waals surface area contributed by atoms with Crippen LogP contribution >= 0.6 is 0 Å². The Hall–Kier alpha value is -3.71. The second-order valence-electron chi connectivity index (χ2n) is 14.7. The lowest BCUT2D eigenvalue weighted by Gasteiger charge is -2.13. The van der Waals surface area contributed by atoms with Crippen LogP contribution < -0.4 is 0 Å². The van der Waals surface area contributed by atoms with Gasteiger partial charge >= 0.3 is 6.09 Å². The SMILES string of the molecule is C.C.CCCCCN1C(=O)C=CC1=O.CCCCCN1CC=CC1.CCCCCN1CC=CC1.CCCCCN1CC=CC1.CCCOCC.COC(=O)N1C(=O)C=CC1=O. The van der Waals surface area contributed by atoms with Crippen molar-refractivity contribution in [1.29, 1.82) is 0 Å². The fourth-order valence-electron chi connectivity index (χ4n) is 6.00. The van der Waals surface area contributed by atoms with E-state index in [0.717, 1.165) is 58.2 Å². The molecule has 5 aliphatic heterocycles. The largest absolute Gasteiger partial charge is 0.452 e. The van der Waals surface area contributed by atoms with Crippen LogP contribution in [0.15, 0.2) is 60.8 Å². The number of carbonyl (C=O) groups excluding carboxylic acids is 5. The Bertz CT molecular complexity index is 1170. The van der Waals surface area contributed by atoms with Crippen LogP contribution in [0.25, 0.3) is 0 Å². The van der Waals surface area contributed by atoms with Gasteiger partial charge < -0.3 is 9.47 Å². The Morgan fingerprint density at radius 1 is 0.475 bits per heavy atom. The predicted molar refractivity (Wildman–Crippen MR) is 254 cm³/mol. The van der Waals surface area contributed by atoms with Gasteiger partial charge in [-0.1, -0.05) is 137 Å². The molecule has 5 amide bonds. The Labute approximate surface area is 373 Å². The van der Waals surface area contributed by atoms with Gasteiger partial charge in [-0.15, -0.1) is 0 Å². The van der Waals surface area contributed by atoms with E-state index in [1.165, 1.54) is 134 Å². The lowest BCUT2D eigenvalue weighted by molar-refractivity contribution is -0.137. The van der Waals surface area contributed by atoms with E-state index in [2.05, 4.69) is 90.5 Å². The molecule has 0 radical (unpaired) electrons. The van der Waals surface area contributed by atoms with E-state index in [1.54, 1.807) is 0 Å². The number of imide groups is 4. The summed E-state index contributed by atoms with van der Waals surface area (Å²) in [5.74, 6) is -1.67. The number of ether oxygens (including phenoxy) is 2. The third-order valence-corrected chi connectivity index (χ3v) is 9.52. The summed E-state index contributed by atoms with van der Waals surface area (Å²) in [5.41, 5.74) is 0. The molecular weight excluding hydrogens is 771 g/mol. The second-order valence-corrected chi connectivity index (χ2v) is 14.7. The number of rotatable bonds is 19. The Balaban J connectivity index is -0.000000664. The zero-order valence-corrected chi connectivity index (χ0v) is 38.0. The van der Waals surface area contributed by atoms with Crippen LogP contribution in [0.2, 0.25) is 0 Å². The molecule has 0 spiro atoms.